The molecule has 1 aromatic rings. The van der Waals surface area contributed by atoms with Crippen LogP contribution in [0.5, 0.6) is 0 Å². The van der Waals surface area contributed by atoms with Gasteiger partial charge in [-0.1, -0.05) is 19.8 Å². The quantitative estimate of drug-likeness (QED) is 0.822. The van der Waals surface area contributed by atoms with Gasteiger partial charge in [0.2, 0.25) is 0 Å². The van der Waals surface area contributed by atoms with Crippen LogP contribution in [0.15, 0.2) is 12.4 Å². The molecule has 3 nitrogen and oxygen atoms in total. The lowest BCUT2D eigenvalue weighted by Crippen LogP contribution is -2.36. The highest BCUT2D eigenvalue weighted by Crippen LogP contribution is 2.23. The molecule has 15 heavy (non-hydrogen) atoms. The molecule has 1 saturated carbocycles. The molecule has 1 fully saturated rings. The third-order valence-corrected chi connectivity index (χ3v) is 3.44. The molecule has 0 aliphatic heterocycles. The van der Waals surface area contributed by atoms with E-state index in [1.165, 1.54) is 31.2 Å². The van der Waals surface area contributed by atoms with Crippen molar-refractivity contribution < 1.29 is 0 Å². The van der Waals surface area contributed by atoms with Crippen molar-refractivity contribution in [3.63, 3.8) is 0 Å². The van der Waals surface area contributed by atoms with E-state index in [1.54, 1.807) is 0 Å². The van der Waals surface area contributed by atoms with E-state index in [9.17, 15) is 0 Å². The molecular formula is C12H21N3. The molecule has 0 spiro atoms. The summed E-state index contributed by atoms with van der Waals surface area (Å²) in [5, 5.41) is 7.82. The van der Waals surface area contributed by atoms with E-state index in [0.717, 1.165) is 12.5 Å². The summed E-state index contributed by atoms with van der Waals surface area (Å²) < 4.78 is 1.86. The van der Waals surface area contributed by atoms with Gasteiger partial charge in [-0.3, -0.25) is 4.68 Å². The van der Waals surface area contributed by atoms with Crippen LogP contribution < -0.4 is 5.32 Å². The first-order chi connectivity index (χ1) is 7.25. The topological polar surface area (TPSA) is 29.9 Å². The Morgan fingerprint density at radius 3 is 2.93 bits per heavy atom. The van der Waals surface area contributed by atoms with Crippen molar-refractivity contribution in [1.29, 1.82) is 0 Å². The summed E-state index contributed by atoms with van der Waals surface area (Å²) in [7, 11) is 1.97. The first-order valence-corrected chi connectivity index (χ1v) is 5.96. The molecule has 1 aliphatic rings. The normalized spacial score (nSPS) is 26.8. The van der Waals surface area contributed by atoms with Crippen LogP contribution in [0.2, 0.25) is 0 Å². The van der Waals surface area contributed by atoms with E-state index >= 15 is 0 Å². The molecule has 1 aliphatic carbocycles. The number of aromatic nitrogens is 2. The zero-order valence-corrected chi connectivity index (χ0v) is 9.74. The Morgan fingerprint density at radius 1 is 1.47 bits per heavy atom. The molecule has 0 radical (unpaired) electrons. The SMILES string of the molecule is CC1CCCCC1NCc1cnn(C)c1. The summed E-state index contributed by atoms with van der Waals surface area (Å²) in [5.74, 6) is 0.829. The molecular weight excluding hydrogens is 186 g/mol. The van der Waals surface area contributed by atoms with Crippen LogP contribution in [0.1, 0.15) is 38.2 Å². The van der Waals surface area contributed by atoms with Crippen molar-refractivity contribution >= 4 is 0 Å². The predicted molar refractivity (Wildman–Crippen MR) is 61.5 cm³/mol. The van der Waals surface area contributed by atoms with Crippen LogP contribution in [0, 0.1) is 5.92 Å². The Balaban J connectivity index is 1.81. The zero-order valence-electron chi connectivity index (χ0n) is 9.74. The summed E-state index contributed by atoms with van der Waals surface area (Å²) in [6.45, 7) is 3.32. The highest BCUT2D eigenvalue weighted by molar-refractivity contribution is 5.03. The largest absolute Gasteiger partial charge is 0.310 e. The zero-order chi connectivity index (χ0) is 10.7. The Kier molecular flexibility index (Phi) is 3.41. The second-order valence-corrected chi connectivity index (χ2v) is 4.77. The number of hydrogen-bond acceptors (Lipinski definition) is 2. The number of nitrogens with zero attached hydrogens (tertiary/aromatic N) is 2. The Hall–Kier alpha value is -0.830. The minimum atomic E-state index is 0.707. The Bertz CT molecular complexity index is 306. The molecule has 84 valence electrons. The Morgan fingerprint density at radius 2 is 2.27 bits per heavy atom. The van der Waals surface area contributed by atoms with E-state index in [0.29, 0.717) is 6.04 Å². The number of rotatable bonds is 3. The molecule has 0 aromatic carbocycles. The molecule has 1 heterocycles. The van der Waals surface area contributed by atoms with Crippen LogP contribution in [0.3, 0.4) is 0 Å². The van der Waals surface area contributed by atoms with Crippen LogP contribution in [0.4, 0.5) is 0 Å². The van der Waals surface area contributed by atoms with Gasteiger partial charge in [0.15, 0.2) is 0 Å². The summed E-state index contributed by atoms with van der Waals surface area (Å²) >= 11 is 0. The van der Waals surface area contributed by atoms with Crippen LogP contribution in [-0.4, -0.2) is 15.8 Å². The number of hydrogen-bond donors (Lipinski definition) is 1. The highest BCUT2D eigenvalue weighted by atomic mass is 15.2. The number of aryl methyl sites for hydroxylation is 1. The third-order valence-electron chi connectivity index (χ3n) is 3.44. The lowest BCUT2D eigenvalue weighted by atomic mass is 9.86. The van der Waals surface area contributed by atoms with Gasteiger partial charge < -0.3 is 5.32 Å². The van der Waals surface area contributed by atoms with E-state index in [-0.39, 0.29) is 0 Å². The van der Waals surface area contributed by atoms with Crippen molar-refractivity contribution in [3.05, 3.63) is 18.0 Å². The van der Waals surface area contributed by atoms with E-state index < -0.39 is 0 Å². The first-order valence-electron chi connectivity index (χ1n) is 5.96. The van der Waals surface area contributed by atoms with Gasteiger partial charge in [0.05, 0.1) is 6.20 Å². The standard InChI is InChI=1S/C12H21N3/c1-10-5-3-4-6-12(10)13-7-11-8-14-15(2)9-11/h8-10,12-13H,3-7H2,1-2H3. The second kappa shape index (κ2) is 4.79. The average molecular weight is 207 g/mol. The van der Waals surface area contributed by atoms with Crippen molar-refractivity contribution in [2.24, 2.45) is 13.0 Å². The molecule has 0 saturated heterocycles. The summed E-state index contributed by atoms with van der Waals surface area (Å²) in [4.78, 5) is 0. The van der Waals surface area contributed by atoms with Gasteiger partial charge in [-0.25, -0.2) is 0 Å². The molecule has 2 unspecified atom stereocenters. The van der Waals surface area contributed by atoms with Crippen molar-refractivity contribution in [3.8, 4) is 0 Å². The smallest absolute Gasteiger partial charge is 0.0534 e. The van der Waals surface area contributed by atoms with Gasteiger partial charge in [0.1, 0.15) is 0 Å². The van der Waals surface area contributed by atoms with Crippen LogP contribution in [0.25, 0.3) is 0 Å². The lowest BCUT2D eigenvalue weighted by molar-refractivity contribution is 0.279. The summed E-state index contributed by atoms with van der Waals surface area (Å²) in [6.07, 6.45) is 9.54. The number of nitrogens with one attached hydrogen (secondary N) is 1. The monoisotopic (exact) mass is 207 g/mol. The van der Waals surface area contributed by atoms with E-state index in [4.69, 9.17) is 0 Å². The maximum atomic E-state index is 4.18. The van der Waals surface area contributed by atoms with Gasteiger partial charge in [-0.2, -0.15) is 5.10 Å². The predicted octanol–water partition coefficient (Wildman–Crippen LogP) is 2.09. The third kappa shape index (κ3) is 2.81. The lowest BCUT2D eigenvalue weighted by Gasteiger charge is -2.29. The summed E-state index contributed by atoms with van der Waals surface area (Å²) in [5.41, 5.74) is 1.29. The maximum absolute atomic E-state index is 4.18. The molecule has 2 rings (SSSR count). The van der Waals surface area contributed by atoms with Crippen molar-refractivity contribution in [2.45, 2.75) is 45.2 Å². The van der Waals surface area contributed by atoms with Gasteiger partial charge in [-0.15, -0.1) is 0 Å². The molecule has 1 aromatic heterocycles. The van der Waals surface area contributed by atoms with Gasteiger partial charge >= 0.3 is 0 Å². The van der Waals surface area contributed by atoms with Crippen molar-refractivity contribution in [2.75, 3.05) is 0 Å². The maximum Gasteiger partial charge on any atom is 0.0534 e. The van der Waals surface area contributed by atoms with Crippen molar-refractivity contribution in [1.82, 2.24) is 15.1 Å². The van der Waals surface area contributed by atoms with Gasteiger partial charge in [-0.05, 0) is 18.8 Å². The average Bonchev–Trinajstić information content (AvgIpc) is 2.63. The highest BCUT2D eigenvalue weighted by Gasteiger charge is 2.20. The second-order valence-electron chi connectivity index (χ2n) is 4.77. The van der Waals surface area contributed by atoms with E-state index in [1.807, 2.05) is 17.9 Å². The minimum absolute atomic E-state index is 0.707. The molecule has 2 atom stereocenters. The van der Waals surface area contributed by atoms with Gasteiger partial charge in [0.25, 0.3) is 0 Å². The molecule has 0 amide bonds. The molecule has 3 heteroatoms. The molecule has 1 N–H and O–H groups in total. The first kappa shape index (κ1) is 10.7. The minimum Gasteiger partial charge on any atom is -0.310 e. The van der Waals surface area contributed by atoms with Crippen LogP contribution in [-0.2, 0) is 13.6 Å². The van der Waals surface area contributed by atoms with Crippen LogP contribution >= 0.6 is 0 Å². The fourth-order valence-corrected chi connectivity index (χ4v) is 2.43. The molecule has 0 bridgehead atoms. The fraction of sp³-hybridized carbons (Fsp3) is 0.750. The Labute approximate surface area is 91.9 Å². The van der Waals surface area contributed by atoms with E-state index in [2.05, 4.69) is 23.5 Å². The summed E-state index contributed by atoms with van der Waals surface area (Å²) in [6, 6.07) is 0.707. The van der Waals surface area contributed by atoms with Gasteiger partial charge in [0, 0.05) is 31.4 Å². The fourth-order valence-electron chi connectivity index (χ4n) is 2.43.